The van der Waals surface area contributed by atoms with Gasteiger partial charge >= 0.3 is 0 Å². The zero-order valence-corrected chi connectivity index (χ0v) is 13.0. The van der Waals surface area contributed by atoms with Crippen molar-refractivity contribution in [2.24, 2.45) is 5.41 Å². The fourth-order valence-corrected chi connectivity index (χ4v) is 4.72. The lowest BCUT2D eigenvalue weighted by atomic mass is 9.60. The number of ether oxygens (including phenoxy) is 1. The van der Waals surface area contributed by atoms with Crippen LogP contribution in [0.3, 0.4) is 0 Å². The molecule has 0 saturated heterocycles. The molecule has 2 fully saturated rings. The summed E-state index contributed by atoms with van der Waals surface area (Å²) in [5, 5.41) is 17.8. The Bertz CT molecular complexity index is 414. The molecule has 3 atom stereocenters. The topological polar surface area (TPSA) is 41.5 Å². The van der Waals surface area contributed by atoms with E-state index in [1.807, 2.05) is 16.8 Å². The minimum atomic E-state index is -0.383. The van der Waals surface area contributed by atoms with Crippen molar-refractivity contribution in [3.8, 4) is 0 Å². The fourth-order valence-electron chi connectivity index (χ4n) is 4.01. The van der Waals surface area contributed by atoms with Crippen molar-refractivity contribution in [3.05, 3.63) is 22.4 Å². The Morgan fingerprint density at radius 1 is 1.50 bits per heavy atom. The van der Waals surface area contributed by atoms with Gasteiger partial charge in [-0.15, -0.1) is 0 Å². The highest BCUT2D eigenvalue weighted by atomic mass is 32.1. The highest BCUT2D eigenvalue weighted by Gasteiger charge is 2.56. The minimum Gasteiger partial charge on any atom is -0.387 e. The van der Waals surface area contributed by atoms with Crippen molar-refractivity contribution in [2.75, 3.05) is 13.2 Å². The maximum atomic E-state index is 10.2. The van der Waals surface area contributed by atoms with Crippen LogP contribution >= 0.6 is 11.3 Å². The van der Waals surface area contributed by atoms with E-state index in [0.29, 0.717) is 24.1 Å². The van der Waals surface area contributed by atoms with E-state index in [9.17, 15) is 5.11 Å². The summed E-state index contributed by atoms with van der Waals surface area (Å²) in [6.45, 7) is 3.56. The van der Waals surface area contributed by atoms with E-state index >= 15 is 0 Å². The number of hydrogen-bond acceptors (Lipinski definition) is 4. The van der Waals surface area contributed by atoms with E-state index < -0.39 is 0 Å². The van der Waals surface area contributed by atoms with Crippen LogP contribution in [-0.4, -0.2) is 30.4 Å². The maximum absolute atomic E-state index is 10.2. The van der Waals surface area contributed by atoms with E-state index in [1.54, 1.807) is 11.3 Å². The van der Waals surface area contributed by atoms with E-state index in [1.165, 1.54) is 25.7 Å². The van der Waals surface area contributed by atoms with Crippen LogP contribution < -0.4 is 5.32 Å². The summed E-state index contributed by atoms with van der Waals surface area (Å²) in [6.07, 6.45) is 6.37. The molecule has 0 aromatic carbocycles. The van der Waals surface area contributed by atoms with Crippen LogP contribution in [0, 0.1) is 5.41 Å². The fraction of sp³-hybridized carbons (Fsp3) is 0.750. The zero-order valence-electron chi connectivity index (χ0n) is 12.2. The second-order valence-corrected chi connectivity index (χ2v) is 6.93. The van der Waals surface area contributed by atoms with Gasteiger partial charge in [0.05, 0.1) is 12.2 Å². The van der Waals surface area contributed by atoms with Crippen LogP contribution in [0.4, 0.5) is 0 Å². The molecule has 2 aliphatic carbocycles. The number of thiophene rings is 1. The van der Waals surface area contributed by atoms with Crippen LogP contribution in [-0.2, 0) is 4.74 Å². The molecule has 0 amide bonds. The van der Waals surface area contributed by atoms with Crippen LogP contribution in [0.2, 0.25) is 0 Å². The standard InChI is InChI=1S/C16H25NO2S/c1-2-19-15-9-14(16(15)6-3-4-7-16)17-10-13(18)12-5-8-20-11-12/h5,8,11,13-15,17-18H,2-4,6-7,9-10H2,1H3. The van der Waals surface area contributed by atoms with E-state index in [4.69, 9.17) is 4.74 Å². The predicted octanol–water partition coefficient (Wildman–Crippen LogP) is 3.11. The molecule has 4 heteroatoms. The lowest BCUT2D eigenvalue weighted by Gasteiger charge is -2.54. The molecule has 3 unspecified atom stereocenters. The number of aliphatic hydroxyl groups excluding tert-OH is 1. The van der Waals surface area contributed by atoms with Gasteiger partial charge in [0, 0.05) is 24.6 Å². The third kappa shape index (κ3) is 2.54. The summed E-state index contributed by atoms with van der Waals surface area (Å²) >= 11 is 1.64. The van der Waals surface area contributed by atoms with Gasteiger partial charge in [0.2, 0.25) is 0 Å². The normalized spacial score (nSPS) is 29.5. The number of hydrogen-bond donors (Lipinski definition) is 2. The van der Waals surface area contributed by atoms with Gasteiger partial charge in [-0.2, -0.15) is 11.3 Å². The lowest BCUT2D eigenvalue weighted by Crippen LogP contribution is -2.63. The maximum Gasteiger partial charge on any atom is 0.0922 e. The molecule has 1 heterocycles. The Kier molecular flexibility index (Phi) is 4.46. The highest BCUT2D eigenvalue weighted by molar-refractivity contribution is 7.07. The SMILES string of the molecule is CCOC1CC(NCC(O)c2ccsc2)C12CCCC2. The Balaban J connectivity index is 1.55. The second-order valence-electron chi connectivity index (χ2n) is 6.15. The molecule has 0 aliphatic heterocycles. The third-order valence-corrected chi connectivity index (χ3v) is 5.87. The third-order valence-electron chi connectivity index (χ3n) is 5.17. The summed E-state index contributed by atoms with van der Waals surface area (Å²) in [4.78, 5) is 0. The van der Waals surface area contributed by atoms with Crippen molar-refractivity contribution in [2.45, 2.75) is 57.3 Å². The Morgan fingerprint density at radius 2 is 2.30 bits per heavy atom. The van der Waals surface area contributed by atoms with Gasteiger partial charge in [-0.3, -0.25) is 0 Å². The Hall–Kier alpha value is -0.420. The molecule has 2 N–H and O–H groups in total. The van der Waals surface area contributed by atoms with Crippen molar-refractivity contribution < 1.29 is 9.84 Å². The van der Waals surface area contributed by atoms with E-state index in [2.05, 4.69) is 12.2 Å². The molecule has 20 heavy (non-hydrogen) atoms. The smallest absolute Gasteiger partial charge is 0.0922 e. The first-order chi connectivity index (χ1) is 9.76. The van der Waals surface area contributed by atoms with Crippen molar-refractivity contribution >= 4 is 11.3 Å². The lowest BCUT2D eigenvalue weighted by molar-refractivity contribution is -0.131. The molecule has 1 aromatic rings. The highest BCUT2D eigenvalue weighted by Crippen LogP contribution is 2.54. The van der Waals surface area contributed by atoms with Gasteiger partial charge in [-0.05, 0) is 48.6 Å². The number of aliphatic hydroxyl groups is 1. The average Bonchev–Trinajstić information content (AvgIpc) is 3.13. The molecule has 3 nitrogen and oxygen atoms in total. The van der Waals surface area contributed by atoms with Crippen LogP contribution in [0.25, 0.3) is 0 Å². The molecule has 0 bridgehead atoms. The van der Waals surface area contributed by atoms with Crippen molar-refractivity contribution in [1.82, 2.24) is 5.32 Å². The first kappa shape index (κ1) is 14.5. The van der Waals surface area contributed by atoms with E-state index in [0.717, 1.165) is 18.6 Å². The van der Waals surface area contributed by atoms with Crippen molar-refractivity contribution in [1.29, 1.82) is 0 Å². The second kappa shape index (κ2) is 6.14. The summed E-state index contributed by atoms with van der Waals surface area (Å²) in [6, 6.07) is 2.53. The predicted molar refractivity (Wildman–Crippen MR) is 82.0 cm³/mol. The van der Waals surface area contributed by atoms with Gasteiger partial charge in [0.15, 0.2) is 0 Å². The quantitative estimate of drug-likeness (QED) is 0.847. The van der Waals surface area contributed by atoms with Gasteiger partial charge in [0.1, 0.15) is 0 Å². The van der Waals surface area contributed by atoms with Gasteiger partial charge in [-0.1, -0.05) is 12.8 Å². The van der Waals surface area contributed by atoms with Gasteiger partial charge in [0.25, 0.3) is 0 Å². The minimum absolute atomic E-state index is 0.352. The molecule has 2 saturated carbocycles. The average molecular weight is 295 g/mol. The molecule has 112 valence electrons. The molecule has 1 spiro atoms. The zero-order chi connectivity index (χ0) is 14.0. The largest absolute Gasteiger partial charge is 0.387 e. The summed E-state index contributed by atoms with van der Waals surface area (Å²) in [5.74, 6) is 0. The van der Waals surface area contributed by atoms with Crippen LogP contribution in [0.1, 0.15) is 50.7 Å². The van der Waals surface area contributed by atoms with Gasteiger partial charge in [-0.25, -0.2) is 0 Å². The first-order valence-electron chi connectivity index (χ1n) is 7.81. The molecule has 2 aliphatic rings. The number of nitrogens with one attached hydrogen (secondary N) is 1. The summed E-state index contributed by atoms with van der Waals surface area (Å²) in [5.41, 5.74) is 1.38. The molecule has 3 rings (SSSR count). The summed E-state index contributed by atoms with van der Waals surface area (Å²) < 4.78 is 5.92. The van der Waals surface area contributed by atoms with Crippen molar-refractivity contribution in [3.63, 3.8) is 0 Å². The summed E-state index contributed by atoms with van der Waals surface area (Å²) in [7, 11) is 0. The molecule has 1 aromatic heterocycles. The molecular formula is C16H25NO2S. The Labute approximate surface area is 125 Å². The van der Waals surface area contributed by atoms with Gasteiger partial charge < -0.3 is 15.2 Å². The molecule has 0 radical (unpaired) electrons. The molecular weight excluding hydrogens is 270 g/mol. The Morgan fingerprint density at radius 3 is 2.95 bits per heavy atom. The van der Waals surface area contributed by atoms with Crippen LogP contribution in [0.5, 0.6) is 0 Å². The monoisotopic (exact) mass is 295 g/mol. The van der Waals surface area contributed by atoms with Crippen LogP contribution in [0.15, 0.2) is 16.8 Å². The van der Waals surface area contributed by atoms with E-state index in [-0.39, 0.29) is 6.10 Å². The first-order valence-corrected chi connectivity index (χ1v) is 8.75. The number of rotatable bonds is 6.